The lowest BCUT2D eigenvalue weighted by atomic mass is 10.1. The summed E-state index contributed by atoms with van der Waals surface area (Å²) in [5.74, 6) is 0.774. The largest absolute Gasteiger partial charge is 0.481 e. The highest BCUT2D eigenvalue weighted by molar-refractivity contribution is 7.99. The van der Waals surface area contributed by atoms with Crippen LogP contribution in [0.3, 0.4) is 0 Å². The van der Waals surface area contributed by atoms with Gasteiger partial charge in [-0.05, 0) is 20.8 Å². The Morgan fingerprint density at radius 1 is 1.42 bits per heavy atom. The van der Waals surface area contributed by atoms with Gasteiger partial charge in [0.2, 0.25) is 0 Å². The molecule has 0 aromatic heterocycles. The second-order valence-corrected chi connectivity index (χ2v) is 6.21. The second kappa shape index (κ2) is 8.85. The minimum Gasteiger partial charge on any atom is -0.481 e. The van der Waals surface area contributed by atoms with E-state index in [1.165, 1.54) is 0 Å². The van der Waals surface area contributed by atoms with Gasteiger partial charge in [0.1, 0.15) is 0 Å². The lowest BCUT2D eigenvalue weighted by Crippen LogP contribution is -2.51. The van der Waals surface area contributed by atoms with Gasteiger partial charge in [0, 0.05) is 30.1 Å². The van der Waals surface area contributed by atoms with Crippen molar-refractivity contribution in [3.63, 3.8) is 0 Å². The molecule has 0 spiro atoms. The van der Waals surface area contributed by atoms with E-state index in [1.807, 2.05) is 26.8 Å². The van der Waals surface area contributed by atoms with Crippen LogP contribution in [0.25, 0.3) is 0 Å². The van der Waals surface area contributed by atoms with E-state index < -0.39 is 11.5 Å². The number of nitrogens with zero attached hydrogens (tertiary/aromatic N) is 1. The van der Waals surface area contributed by atoms with Gasteiger partial charge in [-0.1, -0.05) is 6.08 Å². The van der Waals surface area contributed by atoms with Crippen LogP contribution in [0.1, 0.15) is 27.2 Å². The van der Waals surface area contributed by atoms with Crippen LogP contribution in [0.15, 0.2) is 12.7 Å². The Morgan fingerprint density at radius 2 is 2.05 bits per heavy atom. The lowest BCUT2D eigenvalue weighted by Gasteiger charge is -2.35. The van der Waals surface area contributed by atoms with Gasteiger partial charge < -0.3 is 15.3 Å². The van der Waals surface area contributed by atoms with E-state index in [2.05, 4.69) is 11.9 Å². The van der Waals surface area contributed by atoms with Crippen molar-refractivity contribution in [3.05, 3.63) is 12.7 Å². The van der Waals surface area contributed by atoms with Crippen molar-refractivity contribution in [1.82, 2.24) is 10.2 Å². The number of carboxylic acids is 1. The summed E-state index contributed by atoms with van der Waals surface area (Å²) in [6.07, 6.45) is 1.77. The van der Waals surface area contributed by atoms with Gasteiger partial charge in [-0.25, -0.2) is 4.79 Å². The third kappa shape index (κ3) is 8.53. The van der Waals surface area contributed by atoms with E-state index in [0.717, 1.165) is 11.5 Å². The molecule has 0 aromatic rings. The molecule has 0 fully saturated rings. The third-order valence-corrected chi connectivity index (χ3v) is 3.33. The van der Waals surface area contributed by atoms with Crippen LogP contribution >= 0.6 is 11.8 Å². The van der Waals surface area contributed by atoms with Gasteiger partial charge in [-0.3, -0.25) is 4.79 Å². The van der Waals surface area contributed by atoms with E-state index >= 15 is 0 Å². The van der Waals surface area contributed by atoms with Crippen molar-refractivity contribution in [2.75, 3.05) is 24.6 Å². The van der Waals surface area contributed by atoms with Crippen molar-refractivity contribution < 1.29 is 14.7 Å². The highest BCUT2D eigenvalue weighted by atomic mass is 32.2. The summed E-state index contributed by atoms with van der Waals surface area (Å²) in [5, 5.41) is 11.5. The molecule has 6 heteroatoms. The molecule has 5 nitrogen and oxygen atoms in total. The first-order valence-corrected chi connectivity index (χ1v) is 7.40. The Labute approximate surface area is 119 Å². The highest BCUT2D eigenvalue weighted by Crippen LogP contribution is 2.13. The van der Waals surface area contributed by atoms with Crippen LogP contribution in [0, 0.1) is 0 Å². The molecule has 0 aliphatic rings. The van der Waals surface area contributed by atoms with Crippen molar-refractivity contribution in [2.45, 2.75) is 32.7 Å². The van der Waals surface area contributed by atoms with Gasteiger partial charge in [0.25, 0.3) is 0 Å². The van der Waals surface area contributed by atoms with Crippen LogP contribution < -0.4 is 5.32 Å². The molecule has 0 saturated carbocycles. The average molecular weight is 288 g/mol. The first kappa shape index (κ1) is 17.8. The molecule has 0 aliphatic carbocycles. The van der Waals surface area contributed by atoms with Crippen LogP contribution in [0.2, 0.25) is 0 Å². The number of hydrogen-bond acceptors (Lipinski definition) is 3. The normalized spacial score (nSPS) is 10.9. The number of aliphatic carboxylic acids is 1. The van der Waals surface area contributed by atoms with E-state index in [9.17, 15) is 9.59 Å². The van der Waals surface area contributed by atoms with E-state index in [4.69, 9.17) is 5.11 Å². The maximum absolute atomic E-state index is 12.0. The predicted molar refractivity (Wildman–Crippen MR) is 79.6 cm³/mol. The van der Waals surface area contributed by atoms with Crippen molar-refractivity contribution in [2.24, 2.45) is 0 Å². The molecule has 0 aromatic carbocycles. The molecule has 0 aliphatic heterocycles. The van der Waals surface area contributed by atoms with E-state index in [-0.39, 0.29) is 19.0 Å². The zero-order valence-electron chi connectivity index (χ0n) is 11.9. The third-order valence-electron chi connectivity index (χ3n) is 2.36. The topological polar surface area (TPSA) is 69.6 Å². The SMILES string of the molecule is C=CCSCCNC(=O)N(CCC(=O)O)C(C)(C)C. The summed E-state index contributed by atoms with van der Waals surface area (Å²) >= 11 is 1.69. The molecule has 0 radical (unpaired) electrons. The zero-order valence-corrected chi connectivity index (χ0v) is 12.8. The van der Waals surface area contributed by atoms with Crippen molar-refractivity contribution in [3.8, 4) is 0 Å². The number of urea groups is 1. The van der Waals surface area contributed by atoms with E-state index in [1.54, 1.807) is 16.7 Å². The molecule has 0 rings (SSSR count). The molecule has 0 unspecified atom stereocenters. The number of nitrogens with one attached hydrogen (secondary N) is 1. The monoisotopic (exact) mass is 288 g/mol. The number of carbonyl (C=O) groups excluding carboxylic acids is 1. The zero-order chi connectivity index (χ0) is 14.9. The molecule has 110 valence electrons. The molecule has 0 heterocycles. The first-order chi connectivity index (χ1) is 8.79. The number of hydrogen-bond donors (Lipinski definition) is 2. The quantitative estimate of drug-likeness (QED) is 0.530. The molecule has 0 bridgehead atoms. The summed E-state index contributed by atoms with van der Waals surface area (Å²) in [6, 6.07) is -0.215. The number of carboxylic acid groups (broad SMARTS) is 1. The smallest absolute Gasteiger partial charge is 0.317 e. The standard InChI is InChI=1S/C13H24N2O3S/c1-5-9-19-10-7-14-12(18)15(13(2,3)4)8-6-11(16)17/h5H,1,6-10H2,2-4H3,(H,14,18)(H,16,17). The van der Waals surface area contributed by atoms with Crippen molar-refractivity contribution in [1.29, 1.82) is 0 Å². The Morgan fingerprint density at radius 3 is 2.53 bits per heavy atom. The fourth-order valence-corrected chi connectivity index (χ4v) is 2.02. The predicted octanol–water partition coefficient (Wildman–Crippen LogP) is 2.19. The first-order valence-electron chi connectivity index (χ1n) is 6.25. The molecule has 2 N–H and O–H groups in total. The lowest BCUT2D eigenvalue weighted by molar-refractivity contribution is -0.137. The van der Waals surface area contributed by atoms with Crippen LogP contribution in [0.4, 0.5) is 4.79 Å². The minimum atomic E-state index is -0.899. The minimum absolute atomic E-state index is 0.0457. The molecule has 0 saturated heterocycles. The summed E-state index contributed by atoms with van der Waals surface area (Å²) < 4.78 is 0. The van der Waals surface area contributed by atoms with Crippen molar-refractivity contribution >= 4 is 23.8 Å². The fraction of sp³-hybridized carbons (Fsp3) is 0.692. The number of carbonyl (C=O) groups is 2. The number of rotatable bonds is 8. The average Bonchev–Trinajstić information content (AvgIpc) is 2.26. The second-order valence-electron chi connectivity index (χ2n) is 5.06. The maximum Gasteiger partial charge on any atom is 0.317 e. The van der Waals surface area contributed by atoms with E-state index in [0.29, 0.717) is 6.54 Å². The molecular weight excluding hydrogens is 264 g/mol. The molecule has 0 atom stereocenters. The summed E-state index contributed by atoms with van der Waals surface area (Å²) in [5.41, 5.74) is -0.395. The van der Waals surface area contributed by atoms with Gasteiger partial charge >= 0.3 is 12.0 Å². The van der Waals surface area contributed by atoms with Gasteiger partial charge in [0.05, 0.1) is 6.42 Å². The Kier molecular flexibility index (Phi) is 8.30. The molecule has 19 heavy (non-hydrogen) atoms. The summed E-state index contributed by atoms with van der Waals surface area (Å²) in [7, 11) is 0. The maximum atomic E-state index is 12.0. The Hall–Kier alpha value is -1.17. The molecule has 2 amide bonds. The highest BCUT2D eigenvalue weighted by Gasteiger charge is 2.26. The summed E-state index contributed by atoms with van der Waals surface area (Å²) in [6.45, 7) is 10.1. The Bertz CT molecular complexity index is 314. The van der Waals surface area contributed by atoms with Gasteiger partial charge in [-0.15, -0.1) is 6.58 Å². The number of thioether (sulfide) groups is 1. The number of amides is 2. The van der Waals surface area contributed by atoms with Crippen LogP contribution in [-0.4, -0.2) is 52.1 Å². The van der Waals surface area contributed by atoms with Gasteiger partial charge in [-0.2, -0.15) is 11.8 Å². The Balaban J connectivity index is 4.23. The van der Waals surface area contributed by atoms with Crippen LogP contribution in [0.5, 0.6) is 0 Å². The summed E-state index contributed by atoms with van der Waals surface area (Å²) in [4.78, 5) is 24.2. The fourth-order valence-electron chi connectivity index (χ4n) is 1.44. The van der Waals surface area contributed by atoms with Crippen LogP contribution in [-0.2, 0) is 4.79 Å². The van der Waals surface area contributed by atoms with Gasteiger partial charge in [0.15, 0.2) is 0 Å². The molecular formula is C13H24N2O3S.